The standard InChI is InChI=1S/C13H13N.C9H11NO/c1-3-11(10-14)13(4-2)12-8-6-5-7-9-12;1-6-5-10-7(2)4-9(6)8(3)11/h3-9H,1-2H3;4-5,11H,3H2,1-2H3/b11-3-,13-4+;. The molecule has 0 spiro atoms. The second-order valence-electron chi connectivity index (χ2n) is 5.47. The van der Waals surface area contributed by atoms with Gasteiger partial charge < -0.3 is 5.11 Å². The number of benzene rings is 1. The molecule has 0 unspecified atom stereocenters. The van der Waals surface area contributed by atoms with Crippen LogP contribution in [-0.4, -0.2) is 10.1 Å². The van der Waals surface area contributed by atoms with Gasteiger partial charge in [-0.15, -0.1) is 0 Å². The van der Waals surface area contributed by atoms with E-state index in [1.807, 2.05) is 76.2 Å². The molecule has 0 fully saturated rings. The minimum atomic E-state index is 0.105. The fourth-order valence-electron chi connectivity index (χ4n) is 2.31. The monoisotopic (exact) mass is 332 g/mol. The minimum absolute atomic E-state index is 0.105. The van der Waals surface area contributed by atoms with Crippen LogP contribution >= 0.6 is 0 Å². The summed E-state index contributed by atoms with van der Waals surface area (Å²) < 4.78 is 0. The zero-order valence-corrected chi connectivity index (χ0v) is 15.2. The molecule has 0 atom stereocenters. The van der Waals surface area contributed by atoms with Crippen molar-refractivity contribution in [1.29, 1.82) is 5.26 Å². The lowest BCUT2D eigenvalue weighted by atomic mass is 9.98. The first kappa shape index (κ1) is 19.9. The maximum absolute atomic E-state index is 9.11. The molecule has 0 bridgehead atoms. The molecule has 0 aliphatic carbocycles. The molecule has 128 valence electrons. The molecule has 2 rings (SSSR count). The average Bonchev–Trinajstić information content (AvgIpc) is 2.62. The van der Waals surface area contributed by atoms with E-state index in [0.29, 0.717) is 0 Å². The van der Waals surface area contributed by atoms with Crippen molar-refractivity contribution < 1.29 is 5.11 Å². The summed E-state index contributed by atoms with van der Waals surface area (Å²) in [7, 11) is 0. The molecule has 0 aliphatic rings. The summed E-state index contributed by atoms with van der Waals surface area (Å²) in [5.74, 6) is 0.105. The Morgan fingerprint density at radius 3 is 2.24 bits per heavy atom. The summed E-state index contributed by atoms with van der Waals surface area (Å²) in [5, 5.41) is 18.0. The number of aliphatic hydroxyl groups excluding tert-OH is 1. The molecule has 0 saturated carbocycles. The van der Waals surface area contributed by atoms with Crippen molar-refractivity contribution in [3.05, 3.63) is 89.3 Å². The Balaban J connectivity index is 0.000000257. The lowest BCUT2D eigenvalue weighted by Gasteiger charge is -2.04. The van der Waals surface area contributed by atoms with Crippen molar-refractivity contribution >= 4 is 11.3 Å². The summed E-state index contributed by atoms with van der Waals surface area (Å²) in [5.41, 5.74) is 5.42. The van der Waals surface area contributed by atoms with E-state index < -0.39 is 0 Å². The van der Waals surface area contributed by atoms with Gasteiger partial charge in [0.15, 0.2) is 0 Å². The first-order valence-electron chi connectivity index (χ1n) is 8.04. The van der Waals surface area contributed by atoms with Crippen molar-refractivity contribution in [2.24, 2.45) is 0 Å². The largest absolute Gasteiger partial charge is 0.508 e. The second kappa shape index (κ2) is 9.89. The second-order valence-corrected chi connectivity index (χ2v) is 5.47. The molecule has 1 aromatic heterocycles. The molecule has 0 saturated heterocycles. The van der Waals surface area contributed by atoms with E-state index in [-0.39, 0.29) is 5.76 Å². The molecule has 0 aliphatic heterocycles. The number of hydrogen-bond acceptors (Lipinski definition) is 3. The Hall–Kier alpha value is -3.12. The lowest BCUT2D eigenvalue weighted by Crippen LogP contribution is -1.90. The molecular formula is C22H24N2O. The maximum Gasteiger partial charge on any atom is 0.116 e. The summed E-state index contributed by atoms with van der Waals surface area (Å²) in [6.45, 7) is 11.1. The van der Waals surface area contributed by atoms with E-state index in [2.05, 4.69) is 17.6 Å². The zero-order valence-electron chi connectivity index (χ0n) is 15.2. The molecule has 3 heteroatoms. The predicted molar refractivity (Wildman–Crippen MR) is 105 cm³/mol. The van der Waals surface area contributed by atoms with Gasteiger partial charge in [-0.1, -0.05) is 49.1 Å². The fourth-order valence-corrected chi connectivity index (χ4v) is 2.31. The number of nitrogens with zero attached hydrogens (tertiary/aromatic N) is 2. The molecule has 1 aromatic carbocycles. The van der Waals surface area contributed by atoms with Gasteiger partial charge in [-0.2, -0.15) is 5.26 Å². The Kier molecular flexibility index (Phi) is 7.89. The van der Waals surface area contributed by atoms with Gasteiger partial charge in [-0.05, 0) is 50.5 Å². The van der Waals surface area contributed by atoms with Gasteiger partial charge in [0.1, 0.15) is 5.76 Å². The summed E-state index contributed by atoms with van der Waals surface area (Å²) in [6.07, 6.45) is 5.53. The smallest absolute Gasteiger partial charge is 0.116 e. The van der Waals surface area contributed by atoms with Crippen LogP contribution in [0.2, 0.25) is 0 Å². The molecular weight excluding hydrogens is 308 g/mol. The predicted octanol–water partition coefficient (Wildman–Crippen LogP) is 5.79. The number of nitriles is 1. The molecule has 2 aromatic rings. The third kappa shape index (κ3) is 5.78. The third-order valence-electron chi connectivity index (χ3n) is 3.62. The fraction of sp³-hybridized carbons (Fsp3) is 0.182. The van der Waals surface area contributed by atoms with Gasteiger partial charge >= 0.3 is 0 Å². The van der Waals surface area contributed by atoms with Crippen LogP contribution in [0.5, 0.6) is 0 Å². The number of hydrogen-bond donors (Lipinski definition) is 1. The number of pyridine rings is 1. The van der Waals surface area contributed by atoms with E-state index >= 15 is 0 Å². The first-order chi connectivity index (χ1) is 11.9. The Morgan fingerprint density at radius 1 is 1.16 bits per heavy atom. The van der Waals surface area contributed by atoms with Crippen molar-refractivity contribution in [1.82, 2.24) is 4.98 Å². The summed E-state index contributed by atoms with van der Waals surface area (Å²) in [6, 6.07) is 14.0. The SMILES string of the molecule is C/C=C(\C(C#N)=C/C)c1ccccc1.C=C(O)c1cc(C)ncc1C. The molecule has 25 heavy (non-hydrogen) atoms. The number of rotatable bonds is 3. The van der Waals surface area contributed by atoms with Gasteiger partial charge in [0.05, 0.1) is 11.6 Å². The number of aromatic nitrogens is 1. The number of aliphatic hydroxyl groups is 1. The highest BCUT2D eigenvalue weighted by Gasteiger charge is 2.04. The lowest BCUT2D eigenvalue weighted by molar-refractivity contribution is 0.513. The molecule has 0 radical (unpaired) electrons. The van der Waals surface area contributed by atoms with Gasteiger partial charge in [0.2, 0.25) is 0 Å². The number of allylic oxidation sites excluding steroid dienone is 4. The van der Waals surface area contributed by atoms with Crippen molar-refractivity contribution in [2.45, 2.75) is 27.7 Å². The summed E-state index contributed by atoms with van der Waals surface area (Å²) in [4.78, 5) is 4.07. The van der Waals surface area contributed by atoms with E-state index in [4.69, 9.17) is 10.4 Å². The topological polar surface area (TPSA) is 56.9 Å². The maximum atomic E-state index is 9.11. The van der Waals surface area contributed by atoms with Crippen LogP contribution in [0.25, 0.3) is 11.3 Å². The Bertz CT molecular complexity index is 825. The van der Waals surface area contributed by atoms with Gasteiger partial charge in [-0.3, -0.25) is 4.98 Å². The number of aryl methyl sites for hydroxylation is 2. The van der Waals surface area contributed by atoms with E-state index in [1.165, 1.54) is 0 Å². The van der Waals surface area contributed by atoms with E-state index in [1.54, 1.807) is 6.20 Å². The third-order valence-corrected chi connectivity index (χ3v) is 3.62. The highest BCUT2D eigenvalue weighted by molar-refractivity contribution is 5.82. The van der Waals surface area contributed by atoms with E-state index in [0.717, 1.165) is 33.5 Å². The minimum Gasteiger partial charge on any atom is -0.508 e. The van der Waals surface area contributed by atoms with Gasteiger partial charge in [0.25, 0.3) is 0 Å². The normalized spacial score (nSPS) is 11.2. The molecule has 1 heterocycles. The molecule has 1 N–H and O–H groups in total. The van der Waals surface area contributed by atoms with Gasteiger partial charge in [0, 0.05) is 17.5 Å². The van der Waals surface area contributed by atoms with Crippen molar-refractivity contribution in [3.63, 3.8) is 0 Å². The van der Waals surface area contributed by atoms with Crippen LogP contribution < -0.4 is 0 Å². The van der Waals surface area contributed by atoms with Crippen LogP contribution in [0.4, 0.5) is 0 Å². The summed E-state index contributed by atoms with van der Waals surface area (Å²) >= 11 is 0. The van der Waals surface area contributed by atoms with Crippen LogP contribution in [0, 0.1) is 25.2 Å². The van der Waals surface area contributed by atoms with Crippen LogP contribution in [-0.2, 0) is 0 Å². The molecule has 0 amide bonds. The quantitative estimate of drug-likeness (QED) is 0.440. The van der Waals surface area contributed by atoms with Crippen molar-refractivity contribution in [3.8, 4) is 6.07 Å². The first-order valence-corrected chi connectivity index (χ1v) is 8.04. The van der Waals surface area contributed by atoms with Crippen LogP contribution in [0.3, 0.4) is 0 Å². The van der Waals surface area contributed by atoms with Crippen LogP contribution in [0.15, 0.2) is 66.9 Å². The molecule has 3 nitrogen and oxygen atoms in total. The Morgan fingerprint density at radius 2 is 1.80 bits per heavy atom. The van der Waals surface area contributed by atoms with Crippen molar-refractivity contribution in [2.75, 3.05) is 0 Å². The Labute approximate surface area is 150 Å². The van der Waals surface area contributed by atoms with E-state index in [9.17, 15) is 0 Å². The highest BCUT2D eigenvalue weighted by Crippen LogP contribution is 2.21. The average molecular weight is 332 g/mol. The van der Waals surface area contributed by atoms with Crippen LogP contribution in [0.1, 0.15) is 36.2 Å². The van der Waals surface area contributed by atoms with Gasteiger partial charge in [-0.25, -0.2) is 0 Å². The zero-order chi connectivity index (χ0) is 18.8. The highest BCUT2D eigenvalue weighted by atomic mass is 16.3.